The van der Waals surface area contributed by atoms with Crippen LogP contribution in [-0.2, 0) is 24.1 Å². The number of halogens is 1. The molecule has 3 heteroatoms. The van der Waals surface area contributed by atoms with Crippen LogP contribution in [0.15, 0.2) is 36.4 Å². The highest BCUT2D eigenvalue weighted by Gasteiger charge is 2.21. The predicted octanol–water partition coefficient (Wildman–Crippen LogP) is 4.00. The second-order valence-corrected chi connectivity index (χ2v) is 6.32. The van der Waals surface area contributed by atoms with Gasteiger partial charge in [-0.2, -0.15) is 0 Å². The molecule has 1 amide bonds. The monoisotopic (exact) mass is 297 g/mol. The van der Waals surface area contributed by atoms with Crippen LogP contribution < -0.4 is 5.32 Å². The molecule has 106 valence electrons. The van der Waals surface area contributed by atoms with E-state index in [4.69, 9.17) is 11.6 Å². The molecule has 21 heavy (non-hydrogen) atoms. The van der Waals surface area contributed by atoms with E-state index in [-0.39, 0.29) is 11.3 Å². The van der Waals surface area contributed by atoms with Crippen molar-refractivity contribution in [3.8, 4) is 0 Å². The molecule has 0 fully saturated rings. The predicted molar refractivity (Wildman–Crippen MR) is 84.9 cm³/mol. The van der Waals surface area contributed by atoms with E-state index in [1.54, 1.807) is 0 Å². The first kappa shape index (κ1) is 12.9. The van der Waals surface area contributed by atoms with Gasteiger partial charge in [-0.1, -0.05) is 30.3 Å². The molecule has 0 saturated carbocycles. The van der Waals surface area contributed by atoms with Crippen LogP contribution in [0, 0.1) is 0 Å². The van der Waals surface area contributed by atoms with Crippen LogP contribution >= 0.6 is 11.6 Å². The number of rotatable bonds is 2. The van der Waals surface area contributed by atoms with Crippen molar-refractivity contribution in [1.29, 1.82) is 0 Å². The molecule has 0 radical (unpaired) electrons. The van der Waals surface area contributed by atoms with E-state index >= 15 is 0 Å². The zero-order valence-electron chi connectivity index (χ0n) is 11.7. The molecule has 2 aliphatic rings. The normalized spacial score (nSPS) is 17.3. The van der Waals surface area contributed by atoms with Gasteiger partial charge in [-0.05, 0) is 53.1 Å². The second-order valence-electron chi connectivity index (χ2n) is 5.89. The highest BCUT2D eigenvalue weighted by atomic mass is 35.5. The number of benzene rings is 2. The molecule has 1 aliphatic heterocycles. The summed E-state index contributed by atoms with van der Waals surface area (Å²) in [6.07, 6.45) is 4.06. The lowest BCUT2D eigenvalue weighted by Crippen LogP contribution is -2.03. The zero-order chi connectivity index (χ0) is 14.4. The van der Waals surface area contributed by atoms with Gasteiger partial charge in [0.15, 0.2) is 0 Å². The van der Waals surface area contributed by atoms with E-state index in [1.165, 1.54) is 24.0 Å². The van der Waals surface area contributed by atoms with E-state index in [1.807, 2.05) is 12.1 Å². The quantitative estimate of drug-likeness (QED) is 0.834. The van der Waals surface area contributed by atoms with Gasteiger partial charge in [0.2, 0.25) is 5.91 Å². The van der Waals surface area contributed by atoms with E-state index in [0.29, 0.717) is 6.42 Å². The number of alkyl halides is 1. The molecule has 0 spiro atoms. The molecule has 0 bridgehead atoms. The Kier molecular flexibility index (Phi) is 3.00. The molecule has 1 atom stereocenters. The largest absolute Gasteiger partial charge is 0.326 e. The number of hydrogen-bond acceptors (Lipinski definition) is 1. The van der Waals surface area contributed by atoms with Gasteiger partial charge in [-0.15, -0.1) is 11.6 Å². The van der Waals surface area contributed by atoms with Crippen molar-refractivity contribution < 1.29 is 4.79 Å². The van der Waals surface area contributed by atoms with Gasteiger partial charge < -0.3 is 5.32 Å². The third kappa shape index (κ3) is 2.24. The minimum Gasteiger partial charge on any atom is -0.326 e. The fourth-order valence-corrected chi connectivity index (χ4v) is 3.62. The van der Waals surface area contributed by atoms with Crippen molar-refractivity contribution in [3.05, 3.63) is 64.2 Å². The number of hydrogen-bond donors (Lipinski definition) is 1. The summed E-state index contributed by atoms with van der Waals surface area (Å²) in [4.78, 5) is 11.4. The molecular formula is C18H16ClNO. The number of fused-ring (bicyclic) bond motifs is 2. The van der Waals surface area contributed by atoms with Gasteiger partial charge in [0.1, 0.15) is 0 Å². The minimum absolute atomic E-state index is 0.0609. The lowest BCUT2D eigenvalue weighted by molar-refractivity contribution is -0.115. The summed E-state index contributed by atoms with van der Waals surface area (Å²) < 4.78 is 0. The number of amides is 1. The lowest BCUT2D eigenvalue weighted by Gasteiger charge is -2.13. The van der Waals surface area contributed by atoms with E-state index in [9.17, 15) is 4.79 Å². The molecule has 4 rings (SSSR count). The van der Waals surface area contributed by atoms with Crippen molar-refractivity contribution in [1.82, 2.24) is 0 Å². The average molecular weight is 298 g/mol. The Bertz CT molecular complexity index is 738. The van der Waals surface area contributed by atoms with Crippen molar-refractivity contribution in [2.24, 2.45) is 0 Å². The maximum absolute atomic E-state index is 11.4. The van der Waals surface area contributed by atoms with Crippen LogP contribution in [0.4, 0.5) is 5.69 Å². The summed E-state index contributed by atoms with van der Waals surface area (Å²) in [6, 6.07) is 12.6. The topological polar surface area (TPSA) is 29.1 Å². The Morgan fingerprint density at radius 3 is 2.52 bits per heavy atom. The molecular weight excluding hydrogens is 282 g/mol. The van der Waals surface area contributed by atoms with Crippen molar-refractivity contribution in [2.45, 2.75) is 31.1 Å². The Hall–Kier alpha value is -1.80. The fourth-order valence-electron chi connectivity index (χ4n) is 3.35. The SMILES string of the molecule is O=C1Cc2cc(C(Cl)c3ccc4c(c3)CCC4)ccc2N1. The summed E-state index contributed by atoms with van der Waals surface area (Å²) in [6.45, 7) is 0. The van der Waals surface area contributed by atoms with E-state index < -0.39 is 0 Å². The Morgan fingerprint density at radius 2 is 1.67 bits per heavy atom. The Morgan fingerprint density at radius 1 is 0.952 bits per heavy atom. The van der Waals surface area contributed by atoms with Crippen molar-refractivity contribution in [2.75, 3.05) is 5.32 Å². The molecule has 1 N–H and O–H groups in total. The summed E-state index contributed by atoms with van der Waals surface area (Å²) in [5.41, 5.74) is 7.08. The molecule has 1 unspecified atom stereocenters. The summed E-state index contributed by atoms with van der Waals surface area (Å²) >= 11 is 6.67. The van der Waals surface area contributed by atoms with Crippen LogP contribution in [0.2, 0.25) is 0 Å². The molecule has 0 aromatic heterocycles. The second kappa shape index (κ2) is 4.88. The van der Waals surface area contributed by atoms with Crippen LogP contribution in [0.5, 0.6) is 0 Å². The highest BCUT2D eigenvalue weighted by molar-refractivity contribution is 6.22. The summed E-state index contributed by atoms with van der Waals surface area (Å²) in [7, 11) is 0. The van der Waals surface area contributed by atoms with Gasteiger partial charge in [-0.25, -0.2) is 0 Å². The maximum Gasteiger partial charge on any atom is 0.228 e. The molecule has 2 aromatic rings. The van der Waals surface area contributed by atoms with Gasteiger partial charge in [0.25, 0.3) is 0 Å². The highest BCUT2D eigenvalue weighted by Crippen LogP contribution is 2.35. The fraction of sp³-hybridized carbons (Fsp3) is 0.278. The van der Waals surface area contributed by atoms with E-state index in [2.05, 4.69) is 29.6 Å². The van der Waals surface area contributed by atoms with Gasteiger partial charge in [0.05, 0.1) is 11.8 Å². The minimum atomic E-state index is -0.156. The molecule has 1 aliphatic carbocycles. The first-order chi connectivity index (χ1) is 10.2. The third-order valence-corrected chi connectivity index (χ3v) is 4.97. The molecule has 2 aromatic carbocycles. The first-order valence-electron chi connectivity index (χ1n) is 7.39. The van der Waals surface area contributed by atoms with Crippen LogP contribution in [0.25, 0.3) is 0 Å². The Labute approximate surface area is 129 Å². The van der Waals surface area contributed by atoms with Crippen LogP contribution in [0.1, 0.15) is 39.6 Å². The number of aryl methyl sites for hydroxylation is 2. The summed E-state index contributed by atoms with van der Waals surface area (Å²) in [5, 5.41) is 2.70. The third-order valence-electron chi connectivity index (χ3n) is 4.46. The summed E-state index contributed by atoms with van der Waals surface area (Å²) in [5.74, 6) is 0.0609. The first-order valence-corrected chi connectivity index (χ1v) is 7.83. The van der Waals surface area contributed by atoms with Crippen LogP contribution in [0.3, 0.4) is 0 Å². The molecule has 1 heterocycles. The number of anilines is 1. The van der Waals surface area contributed by atoms with Crippen molar-refractivity contribution in [3.63, 3.8) is 0 Å². The lowest BCUT2D eigenvalue weighted by atomic mass is 9.98. The van der Waals surface area contributed by atoms with Crippen molar-refractivity contribution >= 4 is 23.2 Å². The van der Waals surface area contributed by atoms with Gasteiger partial charge in [0, 0.05) is 5.69 Å². The maximum atomic E-state index is 11.4. The van der Waals surface area contributed by atoms with E-state index in [0.717, 1.165) is 28.8 Å². The molecule has 2 nitrogen and oxygen atoms in total. The number of nitrogens with one attached hydrogen (secondary N) is 1. The number of carbonyl (C=O) groups is 1. The smallest absolute Gasteiger partial charge is 0.228 e. The van der Waals surface area contributed by atoms with Gasteiger partial charge in [-0.3, -0.25) is 4.79 Å². The molecule has 0 saturated heterocycles. The van der Waals surface area contributed by atoms with Gasteiger partial charge >= 0.3 is 0 Å². The Balaban J connectivity index is 1.67. The average Bonchev–Trinajstić information content (AvgIpc) is 3.09. The zero-order valence-corrected chi connectivity index (χ0v) is 12.4. The number of carbonyl (C=O) groups excluding carboxylic acids is 1. The standard InChI is InChI=1S/C18H16ClNO/c19-18(13-5-4-11-2-1-3-12(11)8-13)14-6-7-16-15(9-14)10-17(21)20-16/h4-9,18H,1-3,10H2,(H,20,21). The van der Waals surface area contributed by atoms with Crippen LogP contribution in [-0.4, -0.2) is 5.91 Å².